The molecular formula is C20H29N3O2. The number of rotatable bonds is 5. The molecule has 3 aliphatic rings. The number of aliphatic hydroxyl groups is 1. The molecule has 2 unspecified atom stereocenters. The fraction of sp³-hybridized carbons (Fsp3) is 0.650. The molecule has 1 aromatic carbocycles. The molecule has 4 rings (SSSR count). The number of nitrogens with zero attached hydrogens (tertiary/aromatic N) is 1. The Hall–Kier alpha value is -1.59. The van der Waals surface area contributed by atoms with Crippen LogP contribution < -0.4 is 10.6 Å². The van der Waals surface area contributed by atoms with Crippen LogP contribution in [-0.4, -0.2) is 48.3 Å². The predicted molar refractivity (Wildman–Crippen MR) is 97.4 cm³/mol. The molecule has 1 saturated heterocycles. The molecule has 1 aromatic rings. The first kappa shape index (κ1) is 16.9. The van der Waals surface area contributed by atoms with Crippen molar-refractivity contribution in [2.45, 2.75) is 50.2 Å². The van der Waals surface area contributed by atoms with Gasteiger partial charge in [0.25, 0.3) is 0 Å². The fourth-order valence-corrected chi connectivity index (χ4v) is 4.41. The summed E-state index contributed by atoms with van der Waals surface area (Å²) < 4.78 is 0. The maximum absolute atomic E-state index is 12.2. The van der Waals surface area contributed by atoms with Crippen molar-refractivity contribution in [2.24, 2.45) is 5.92 Å². The first-order valence-electron chi connectivity index (χ1n) is 9.70. The zero-order chi connectivity index (χ0) is 17.3. The summed E-state index contributed by atoms with van der Waals surface area (Å²) in [6.07, 6.45) is 6.53. The molecule has 5 heteroatoms. The van der Waals surface area contributed by atoms with E-state index in [1.165, 1.54) is 31.4 Å². The number of hydrogen-bond donors (Lipinski definition) is 3. The van der Waals surface area contributed by atoms with Gasteiger partial charge in [0.2, 0.25) is 0 Å². The van der Waals surface area contributed by atoms with E-state index in [2.05, 4.69) is 21.6 Å². The van der Waals surface area contributed by atoms with E-state index in [0.717, 1.165) is 37.5 Å². The third kappa shape index (κ3) is 3.82. The zero-order valence-corrected chi connectivity index (χ0v) is 14.8. The number of urea groups is 1. The van der Waals surface area contributed by atoms with Gasteiger partial charge in [0, 0.05) is 19.1 Å². The lowest BCUT2D eigenvalue weighted by molar-refractivity contribution is 0.0217. The number of carbonyl (C=O) groups excluding carboxylic acids is 1. The standard InChI is InChI=1S/C20H29N3O2/c24-19(21-12-15-9-11-23(13-15)17-7-8-17)22-14-20(25)10-3-5-16-4-1-2-6-18(16)20/h1-2,4,6,15,17,25H,3,5,7-14H2,(H2,21,22,24). The summed E-state index contributed by atoms with van der Waals surface area (Å²) in [6.45, 7) is 3.29. The highest BCUT2D eigenvalue weighted by Gasteiger charge is 2.35. The van der Waals surface area contributed by atoms with Crippen molar-refractivity contribution in [3.63, 3.8) is 0 Å². The summed E-state index contributed by atoms with van der Waals surface area (Å²) >= 11 is 0. The van der Waals surface area contributed by atoms with Gasteiger partial charge in [-0.3, -0.25) is 0 Å². The monoisotopic (exact) mass is 343 g/mol. The van der Waals surface area contributed by atoms with Crippen molar-refractivity contribution in [1.29, 1.82) is 0 Å². The molecule has 25 heavy (non-hydrogen) atoms. The molecule has 3 N–H and O–H groups in total. The quantitative estimate of drug-likeness (QED) is 0.766. The van der Waals surface area contributed by atoms with E-state index in [1.54, 1.807) is 0 Å². The Morgan fingerprint density at radius 2 is 2.08 bits per heavy atom. The highest BCUT2D eigenvalue weighted by molar-refractivity contribution is 5.74. The molecule has 0 spiro atoms. The molecule has 2 atom stereocenters. The lowest BCUT2D eigenvalue weighted by Crippen LogP contribution is -2.47. The predicted octanol–water partition coefficient (Wildman–Crippen LogP) is 1.99. The van der Waals surface area contributed by atoms with Gasteiger partial charge >= 0.3 is 6.03 Å². The summed E-state index contributed by atoms with van der Waals surface area (Å²) in [6, 6.07) is 8.68. The summed E-state index contributed by atoms with van der Waals surface area (Å²) in [4.78, 5) is 14.7. The van der Waals surface area contributed by atoms with Gasteiger partial charge in [-0.15, -0.1) is 0 Å². The normalized spacial score (nSPS) is 29.2. The number of hydrogen-bond acceptors (Lipinski definition) is 3. The average molecular weight is 343 g/mol. The Morgan fingerprint density at radius 3 is 2.92 bits per heavy atom. The second kappa shape index (κ2) is 6.96. The molecule has 1 saturated carbocycles. The molecule has 1 aliphatic heterocycles. The van der Waals surface area contributed by atoms with Gasteiger partial charge in [0.1, 0.15) is 5.60 Å². The van der Waals surface area contributed by atoms with E-state index in [-0.39, 0.29) is 12.6 Å². The summed E-state index contributed by atoms with van der Waals surface area (Å²) in [5.41, 5.74) is 1.23. The van der Waals surface area contributed by atoms with E-state index in [0.29, 0.717) is 12.3 Å². The van der Waals surface area contributed by atoms with Crippen LogP contribution in [0.5, 0.6) is 0 Å². The van der Waals surface area contributed by atoms with Crippen LogP contribution >= 0.6 is 0 Å². The van der Waals surface area contributed by atoms with Crippen LogP contribution in [-0.2, 0) is 12.0 Å². The molecule has 0 bridgehead atoms. The molecule has 2 fully saturated rings. The van der Waals surface area contributed by atoms with Gasteiger partial charge in [-0.25, -0.2) is 4.79 Å². The Labute approximate surface area is 149 Å². The number of likely N-dealkylation sites (tertiary alicyclic amines) is 1. The minimum atomic E-state index is -0.942. The minimum Gasteiger partial charge on any atom is -0.383 e. The lowest BCUT2D eigenvalue weighted by Gasteiger charge is -2.34. The van der Waals surface area contributed by atoms with Gasteiger partial charge in [-0.1, -0.05) is 24.3 Å². The van der Waals surface area contributed by atoms with Crippen LogP contribution in [0.2, 0.25) is 0 Å². The number of nitrogens with one attached hydrogen (secondary N) is 2. The van der Waals surface area contributed by atoms with E-state index < -0.39 is 5.60 Å². The van der Waals surface area contributed by atoms with E-state index >= 15 is 0 Å². The second-order valence-corrected chi connectivity index (χ2v) is 7.99. The van der Waals surface area contributed by atoms with Crippen molar-refractivity contribution >= 4 is 6.03 Å². The van der Waals surface area contributed by atoms with Crippen LogP contribution in [0.15, 0.2) is 24.3 Å². The number of fused-ring (bicyclic) bond motifs is 1. The van der Waals surface area contributed by atoms with Gasteiger partial charge in [0.05, 0.1) is 6.54 Å². The van der Waals surface area contributed by atoms with Gasteiger partial charge in [-0.2, -0.15) is 0 Å². The average Bonchev–Trinajstić information content (AvgIpc) is 3.37. The second-order valence-electron chi connectivity index (χ2n) is 7.99. The van der Waals surface area contributed by atoms with Crippen LogP contribution in [0.3, 0.4) is 0 Å². The van der Waals surface area contributed by atoms with Crippen LogP contribution in [0.4, 0.5) is 4.79 Å². The number of aryl methyl sites for hydroxylation is 1. The minimum absolute atomic E-state index is 0.165. The molecule has 2 aliphatic carbocycles. The summed E-state index contributed by atoms with van der Waals surface area (Å²) in [7, 11) is 0. The van der Waals surface area contributed by atoms with Crippen molar-refractivity contribution in [3.8, 4) is 0 Å². The lowest BCUT2D eigenvalue weighted by atomic mass is 9.79. The largest absolute Gasteiger partial charge is 0.383 e. The first-order valence-corrected chi connectivity index (χ1v) is 9.70. The van der Waals surface area contributed by atoms with Crippen LogP contribution in [0, 0.1) is 5.92 Å². The topological polar surface area (TPSA) is 64.6 Å². The van der Waals surface area contributed by atoms with Crippen molar-refractivity contribution in [3.05, 3.63) is 35.4 Å². The molecule has 0 aromatic heterocycles. The highest BCUT2D eigenvalue weighted by Crippen LogP contribution is 2.34. The Kier molecular flexibility index (Phi) is 4.69. The van der Waals surface area contributed by atoms with E-state index in [1.807, 2.05) is 18.2 Å². The van der Waals surface area contributed by atoms with Crippen molar-refractivity contribution < 1.29 is 9.90 Å². The molecular weight excluding hydrogens is 314 g/mol. The van der Waals surface area contributed by atoms with Crippen LogP contribution in [0.1, 0.15) is 43.2 Å². The fourth-order valence-electron chi connectivity index (χ4n) is 4.41. The van der Waals surface area contributed by atoms with Crippen LogP contribution in [0.25, 0.3) is 0 Å². The van der Waals surface area contributed by atoms with E-state index in [9.17, 15) is 9.90 Å². The summed E-state index contributed by atoms with van der Waals surface area (Å²) in [5.74, 6) is 0.560. The maximum Gasteiger partial charge on any atom is 0.314 e. The SMILES string of the molecule is O=C(NCC1CCN(C2CC2)C1)NCC1(O)CCCc2ccccc21. The Morgan fingerprint density at radius 1 is 1.24 bits per heavy atom. The molecule has 2 amide bonds. The molecule has 0 radical (unpaired) electrons. The molecule has 5 nitrogen and oxygen atoms in total. The molecule has 1 heterocycles. The Bertz CT molecular complexity index is 631. The molecule has 136 valence electrons. The third-order valence-electron chi connectivity index (χ3n) is 6.03. The van der Waals surface area contributed by atoms with Gasteiger partial charge < -0.3 is 20.6 Å². The Balaban J connectivity index is 1.25. The van der Waals surface area contributed by atoms with Crippen molar-refractivity contribution in [2.75, 3.05) is 26.2 Å². The smallest absolute Gasteiger partial charge is 0.314 e. The van der Waals surface area contributed by atoms with E-state index in [4.69, 9.17) is 0 Å². The highest BCUT2D eigenvalue weighted by atomic mass is 16.3. The first-order chi connectivity index (χ1) is 12.1. The van der Waals surface area contributed by atoms with Gasteiger partial charge in [-0.05, 0) is 62.1 Å². The number of benzene rings is 1. The third-order valence-corrected chi connectivity index (χ3v) is 6.03. The number of carbonyl (C=O) groups is 1. The zero-order valence-electron chi connectivity index (χ0n) is 14.8. The summed E-state index contributed by atoms with van der Waals surface area (Å²) in [5, 5.41) is 16.9. The maximum atomic E-state index is 12.2. The van der Waals surface area contributed by atoms with Crippen molar-refractivity contribution in [1.82, 2.24) is 15.5 Å². The van der Waals surface area contributed by atoms with Gasteiger partial charge in [0.15, 0.2) is 0 Å². The number of amides is 2.